The predicted molar refractivity (Wildman–Crippen MR) is 176 cm³/mol. The monoisotopic (exact) mass is 650 g/mol. The van der Waals surface area contributed by atoms with E-state index >= 15 is 0 Å². The second-order valence-electron chi connectivity index (χ2n) is 11.1. The first-order valence-corrected chi connectivity index (χ1v) is 15.5. The van der Waals surface area contributed by atoms with Crippen LogP contribution in [-0.4, -0.2) is 67.5 Å². The van der Waals surface area contributed by atoms with Crippen LogP contribution in [0.1, 0.15) is 37.3 Å². The average molecular weight is 651 g/mol. The van der Waals surface area contributed by atoms with Gasteiger partial charge in [-0.25, -0.2) is 4.39 Å². The van der Waals surface area contributed by atoms with Crippen molar-refractivity contribution in [2.75, 3.05) is 39.9 Å². The number of rotatable bonds is 13. The van der Waals surface area contributed by atoms with Gasteiger partial charge >= 0.3 is 0 Å². The molecule has 1 amide bonds. The van der Waals surface area contributed by atoms with Crippen molar-refractivity contribution in [3.05, 3.63) is 83.1 Å². The Hall–Kier alpha value is -4.42. The van der Waals surface area contributed by atoms with Crippen LogP contribution in [0.15, 0.2) is 66.1 Å². The van der Waals surface area contributed by atoms with Crippen LogP contribution in [0.4, 0.5) is 10.1 Å². The summed E-state index contributed by atoms with van der Waals surface area (Å²) >= 11 is 5.83. The van der Waals surface area contributed by atoms with E-state index in [2.05, 4.69) is 15.6 Å². The number of benzene rings is 2. The zero-order chi connectivity index (χ0) is 32.6. The van der Waals surface area contributed by atoms with E-state index in [9.17, 15) is 9.18 Å². The highest BCUT2D eigenvalue weighted by atomic mass is 32.1. The number of nitrogens with zero attached hydrogens (tertiary/aromatic N) is 2. The van der Waals surface area contributed by atoms with Crippen LogP contribution in [0.3, 0.4) is 0 Å². The highest BCUT2D eigenvalue weighted by Crippen LogP contribution is 2.33. The summed E-state index contributed by atoms with van der Waals surface area (Å²) in [4.78, 5) is 20.5. The minimum Gasteiger partial charge on any atom is -0.497 e. The Morgan fingerprint density at radius 3 is 2.70 bits per heavy atom. The van der Waals surface area contributed by atoms with Crippen molar-refractivity contribution in [1.82, 2.24) is 15.2 Å². The molecule has 10 nitrogen and oxygen atoms in total. The van der Waals surface area contributed by atoms with Gasteiger partial charge in [-0.05, 0) is 50.1 Å². The number of ether oxygens (including phenoxy) is 5. The average Bonchev–Trinajstić information content (AvgIpc) is 3.59. The number of halogens is 1. The molecule has 0 saturated carbocycles. The van der Waals surface area contributed by atoms with Gasteiger partial charge in [-0.1, -0.05) is 18.3 Å². The van der Waals surface area contributed by atoms with E-state index in [0.29, 0.717) is 48.2 Å². The fraction of sp³-hybridized carbons (Fsp3) is 0.382. The standard InChI is InChI=1S/C34H39FN4O6S/c1-21-15-28(37-17-22-12-13-36-18-30(22)45-20-25-7-6-14-44-25)31(33(46)38-27-9-5-8-26(35)32(27)43-4)34(40)39(21)19-23-10-11-24(41-2)16-29(23)42-3/h5,8-13,16,18,21,25,37H,6-7,14-15,17,19-20H2,1-4H3,(H,38,46)/t21?,25-/m0/s1. The zero-order valence-corrected chi connectivity index (χ0v) is 27.2. The maximum Gasteiger partial charge on any atom is 0.259 e. The maximum atomic E-state index is 14.5. The number of aromatic nitrogens is 1. The first-order valence-electron chi connectivity index (χ1n) is 15.1. The van der Waals surface area contributed by atoms with E-state index in [1.54, 1.807) is 49.7 Å². The number of methoxy groups -OCH3 is 3. The lowest BCUT2D eigenvalue weighted by Gasteiger charge is -2.37. The van der Waals surface area contributed by atoms with Crippen LogP contribution >= 0.6 is 12.2 Å². The van der Waals surface area contributed by atoms with Gasteiger partial charge in [0.1, 0.15) is 28.8 Å². The molecule has 0 bridgehead atoms. The Balaban J connectivity index is 1.44. The molecule has 3 aromatic rings. The molecular weight excluding hydrogens is 611 g/mol. The van der Waals surface area contributed by atoms with E-state index in [4.69, 9.17) is 35.9 Å². The minimum absolute atomic E-state index is 0.00114. The first kappa shape index (κ1) is 33.0. The van der Waals surface area contributed by atoms with Gasteiger partial charge in [0.2, 0.25) is 0 Å². The van der Waals surface area contributed by atoms with Crippen molar-refractivity contribution in [1.29, 1.82) is 0 Å². The molecule has 0 aliphatic carbocycles. The Labute approximate surface area is 273 Å². The van der Waals surface area contributed by atoms with Gasteiger partial charge in [0, 0.05) is 61.2 Å². The van der Waals surface area contributed by atoms with Crippen LogP contribution in [0, 0.1) is 5.82 Å². The first-order chi connectivity index (χ1) is 22.3. The second kappa shape index (κ2) is 15.2. The van der Waals surface area contributed by atoms with Crippen molar-refractivity contribution >= 4 is 28.8 Å². The highest BCUT2D eigenvalue weighted by Gasteiger charge is 2.35. The van der Waals surface area contributed by atoms with Crippen molar-refractivity contribution in [2.24, 2.45) is 0 Å². The smallest absolute Gasteiger partial charge is 0.259 e. The number of thiocarbonyl (C=S) groups is 1. The molecule has 1 fully saturated rings. The van der Waals surface area contributed by atoms with Crippen LogP contribution in [0.2, 0.25) is 0 Å². The largest absolute Gasteiger partial charge is 0.497 e. The van der Waals surface area contributed by atoms with Gasteiger partial charge in [0.05, 0.1) is 44.9 Å². The SMILES string of the molecule is COc1ccc(CN2C(=O)C(C(=S)Nc3cccc(F)c3OC)=C(NCc3ccncc3OC[C@@H]3CCCO3)CC2C)c(OC)c1. The van der Waals surface area contributed by atoms with Gasteiger partial charge in [-0.3, -0.25) is 9.78 Å². The van der Waals surface area contributed by atoms with Crippen molar-refractivity contribution in [2.45, 2.75) is 51.4 Å². The van der Waals surface area contributed by atoms with E-state index in [0.717, 1.165) is 30.6 Å². The van der Waals surface area contributed by atoms with Gasteiger partial charge in [-0.15, -0.1) is 0 Å². The third kappa shape index (κ3) is 7.51. The van der Waals surface area contributed by atoms with Crippen LogP contribution in [-0.2, 0) is 22.6 Å². The lowest BCUT2D eigenvalue weighted by atomic mass is 9.97. The van der Waals surface area contributed by atoms with Crippen LogP contribution in [0.5, 0.6) is 23.0 Å². The number of amides is 1. The van der Waals surface area contributed by atoms with E-state index in [1.807, 2.05) is 25.1 Å². The summed E-state index contributed by atoms with van der Waals surface area (Å²) in [6, 6.07) is 11.7. The molecule has 2 atom stereocenters. The Morgan fingerprint density at radius 1 is 1.11 bits per heavy atom. The molecule has 2 aliphatic heterocycles. The lowest BCUT2D eigenvalue weighted by molar-refractivity contribution is -0.130. The fourth-order valence-corrected chi connectivity index (χ4v) is 5.93. The number of nitrogens with one attached hydrogen (secondary N) is 2. The number of carbonyl (C=O) groups excluding carboxylic acids is 1. The summed E-state index contributed by atoms with van der Waals surface area (Å²) in [7, 11) is 4.54. The maximum absolute atomic E-state index is 14.5. The topological polar surface area (TPSA) is 103 Å². The fourth-order valence-electron chi connectivity index (χ4n) is 5.61. The Morgan fingerprint density at radius 2 is 1.96 bits per heavy atom. The Bertz CT molecular complexity index is 1600. The second-order valence-corrected chi connectivity index (χ2v) is 11.5. The molecule has 0 spiro atoms. The van der Waals surface area contributed by atoms with Crippen molar-refractivity contribution < 1.29 is 32.9 Å². The molecule has 2 aromatic carbocycles. The highest BCUT2D eigenvalue weighted by molar-refractivity contribution is 7.81. The molecule has 2 aliphatic rings. The predicted octanol–water partition coefficient (Wildman–Crippen LogP) is 5.41. The number of hydrogen-bond donors (Lipinski definition) is 2. The van der Waals surface area contributed by atoms with Gasteiger partial charge in [0.25, 0.3) is 5.91 Å². The lowest BCUT2D eigenvalue weighted by Crippen LogP contribution is -2.47. The zero-order valence-electron chi connectivity index (χ0n) is 26.4. The molecular formula is C34H39FN4O6S. The number of hydrogen-bond acceptors (Lipinski definition) is 9. The number of carbonyl (C=O) groups is 1. The number of para-hydroxylation sites is 1. The molecule has 12 heteroatoms. The summed E-state index contributed by atoms with van der Waals surface area (Å²) in [5.41, 5.74) is 2.94. The molecule has 3 heterocycles. The van der Waals surface area contributed by atoms with Crippen LogP contribution < -0.4 is 29.6 Å². The summed E-state index contributed by atoms with van der Waals surface area (Å²) < 4.78 is 42.6. The molecule has 2 N–H and O–H groups in total. The summed E-state index contributed by atoms with van der Waals surface area (Å²) in [5.74, 6) is 1.06. The molecule has 46 heavy (non-hydrogen) atoms. The van der Waals surface area contributed by atoms with Crippen molar-refractivity contribution in [3.63, 3.8) is 0 Å². The molecule has 1 saturated heterocycles. The van der Waals surface area contributed by atoms with Crippen LogP contribution in [0.25, 0.3) is 0 Å². The van der Waals surface area contributed by atoms with E-state index in [-0.39, 0.29) is 40.9 Å². The number of pyridine rings is 1. The van der Waals surface area contributed by atoms with Gasteiger partial charge < -0.3 is 39.2 Å². The minimum atomic E-state index is -0.548. The summed E-state index contributed by atoms with van der Waals surface area (Å²) in [5, 5.41) is 6.53. The molecule has 244 valence electrons. The van der Waals surface area contributed by atoms with Gasteiger partial charge in [0.15, 0.2) is 11.6 Å². The third-order valence-electron chi connectivity index (χ3n) is 8.10. The quantitative estimate of drug-likeness (QED) is 0.234. The van der Waals surface area contributed by atoms with E-state index in [1.165, 1.54) is 13.2 Å². The Kier molecular flexibility index (Phi) is 10.9. The summed E-state index contributed by atoms with van der Waals surface area (Å²) in [6.45, 7) is 3.81. The molecule has 0 radical (unpaired) electrons. The van der Waals surface area contributed by atoms with Crippen molar-refractivity contribution in [3.8, 4) is 23.0 Å². The number of anilines is 1. The third-order valence-corrected chi connectivity index (χ3v) is 8.41. The molecule has 1 aromatic heterocycles. The van der Waals surface area contributed by atoms with Gasteiger partial charge in [-0.2, -0.15) is 0 Å². The molecule has 5 rings (SSSR count). The van der Waals surface area contributed by atoms with E-state index < -0.39 is 5.82 Å². The molecule has 1 unspecified atom stereocenters. The summed E-state index contributed by atoms with van der Waals surface area (Å²) in [6.07, 6.45) is 5.92. The normalized spacial score (nSPS) is 17.9.